The molecule has 4 heteroatoms. The third kappa shape index (κ3) is 4.13. The standard InChI is InChI=1S/C14H22N2O2/c1-3-14(2,10-17)16-13(18)12(15)9-11-7-5-4-6-8-11/h4-8,12,17H,3,9-10,15H2,1-2H3,(H,16,18)/t12-,14?/m1/s1. The van der Waals surface area contributed by atoms with Crippen LogP contribution in [0, 0.1) is 0 Å². The van der Waals surface area contributed by atoms with Crippen LogP contribution in [-0.2, 0) is 11.2 Å². The third-order valence-electron chi connectivity index (χ3n) is 3.19. The molecule has 1 aromatic carbocycles. The average Bonchev–Trinajstić information content (AvgIpc) is 2.39. The minimum atomic E-state index is -0.593. The molecule has 0 saturated carbocycles. The van der Waals surface area contributed by atoms with Crippen LogP contribution >= 0.6 is 0 Å². The second-order valence-electron chi connectivity index (χ2n) is 4.86. The molecule has 0 aliphatic heterocycles. The van der Waals surface area contributed by atoms with E-state index in [2.05, 4.69) is 5.32 Å². The quantitative estimate of drug-likeness (QED) is 0.700. The van der Waals surface area contributed by atoms with Gasteiger partial charge in [0, 0.05) is 0 Å². The first-order chi connectivity index (χ1) is 8.50. The Hall–Kier alpha value is -1.39. The van der Waals surface area contributed by atoms with Crippen LogP contribution in [-0.4, -0.2) is 29.2 Å². The Bertz CT molecular complexity index is 375. The largest absolute Gasteiger partial charge is 0.394 e. The van der Waals surface area contributed by atoms with E-state index in [0.717, 1.165) is 5.56 Å². The number of amides is 1. The van der Waals surface area contributed by atoms with E-state index < -0.39 is 11.6 Å². The van der Waals surface area contributed by atoms with Crippen molar-refractivity contribution in [3.8, 4) is 0 Å². The first kappa shape index (κ1) is 14.7. The van der Waals surface area contributed by atoms with E-state index in [0.29, 0.717) is 12.8 Å². The van der Waals surface area contributed by atoms with Gasteiger partial charge in [0.05, 0.1) is 18.2 Å². The molecule has 18 heavy (non-hydrogen) atoms. The molecular weight excluding hydrogens is 228 g/mol. The van der Waals surface area contributed by atoms with Crippen LogP contribution in [0.3, 0.4) is 0 Å². The predicted molar refractivity (Wildman–Crippen MR) is 72.0 cm³/mol. The van der Waals surface area contributed by atoms with Crippen LogP contribution in [0.1, 0.15) is 25.8 Å². The highest BCUT2D eigenvalue weighted by molar-refractivity contribution is 5.82. The normalized spacial score (nSPS) is 15.8. The molecule has 1 rings (SSSR count). The Morgan fingerprint density at radius 2 is 2.06 bits per heavy atom. The number of aliphatic hydroxyl groups excluding tert-OH is 1. The molecule has 100 valence electrons. The molecular formula is C14H22N2O2. The number of carbonyl (C=O) groups is 1. The van der Waals surface area contributed by atoms with Crippen LogP contribution in [0.15, 0.2) is 30.3 Å². The molecule has 0 aromatic heterocycles. The molecule has 1 amide bonds. The maximum Gasteiger partial charge on any atom is 0.237 e. The fourth-order valence-electron chi connectivity index (χ4n) is 1.59. The fraction of sp³-hybridized carbons (Fsp3) is 0.500. The van der Waals surface area contributed by atoms with E-state index in [9.17, 15) is 9.90 Å². The summed E-state index contributed by atoms with van der Waals surface area (Å²) < 4.78 is 0. The van der Waals surface area contributed by atoms with Crippen molar-refractivity contribution in [2.45, 2.75) is 38.3 Å². The molecule has 0 bridgehead atoms. The van der Waals surface area contributed by atoms with Gasteiger partial charge < -0.3 is 16.2 Å². The highest BCUT2D eigenvalue weighted by Crippen LogP contribution is 2.09. The van der Waals surface area contributed by atoms with Crippen molar-refractivity contribution in [3.63, 3.8) is 0 Å². The molecule has 2 atom stereocenters. The number of nitrogens with two attached hydrogens (primary N) is 1. The van der Waals surface area contributed by atoms with Gasteiger partial charge in [0.15, 0.2) is 0 Å². The molecule has 0 aliphatic carbocycles. The summed E-state index contributed by atoms with van der Waals surface area (Å²) in [5.41, 5.74) is 6.31. The molecule has 0 aliphatic rings. The molecule has 0 fully saturated rings. The Kier molecular flexibility index (Phi) is 5.31. The van der Waals surface area contributed by atoms with Crippen molar-refractivity contribution >= 4 is 5.91 Å². The topological polar surface area (TPSA) is 75.3 Å². The molecule has 4 nitrogen and oxygen atoms in total. The van der Waals surface area contributed by atoms with Crippen molar-refractivity contribution < 1.29 is 9.90 Å². The van der Waals surface area contributed by atoms with Gasteiger partial charge in [-0.3, -0.25) is 4.79 Å². The summed E-state index contributed by atoms with van der Waals surface area (Å²) in [6.45, 7) is 3.63. The zero-order chi connectivity index (χ0) is 13.6. The predicted octanol–water partition coefficient (Wildman–Crippen LogP) is 0.834. The van der Waals surface area contributed by atoms with Crippen molar-refractivity contribution in [1.82, 2.24) is 5.32 Å². The number of rotatable bonds is 6. The zero-order valence-electron chi connectivity index (χ0n) is 11.0. The molecule has 0 saturated heterocycles. The van der Waals surface area contributed by atoms with E-state index in [1.54, 1.807) is 6.92 Å². The van der Waals surface area contributed by atoms with E-state index in [4.69, 9.17) is 5.73 Å². The minimum Gasteiger partial charge on any atom is -0.394 e. The van der Waals surface area contributed by atoms with Gasteiger partial charge in [0.1, 0.15) is 0 Å². The summed E-state index contributed by atoms with van der Waals surface area (Å²) in [6.07, 6.45) is 1.16. The van der Waals surface area contributed by atoms with E-state index in [-0.39, 0.29) is 12.5 Å². The lowest BCUT2D eigenvalue weighted by Crippen LogP contribution is -2.54. The van der Waals surface area contributed by atoms with Gasteiger partial charge in [0.25, 0.3) is 0 Å². The Labute approximate surface area is 108 Å². The van der Waals surface area contributed by atoms with Gasteiger partial charge in [0.2, 0.25) is 5.91 Å². The third-order valence-corrected chi connectivity index (χ3v) is 3.19. The Balaban J connectivity index is 2.57. The Morgan fingerprint density at radius 1 is 1.44 bits per heavy atom. The molecule has 0 spiro atoms. The lowest BCUT2D eigenvalue weighted by molar-refractivity contribution is -0.124. The summed E-state index contributed by atoms with van der Waals surface area (Å²) in [5, 5.41) is 12.0. The van der Waals surface area contributed by atoms with E-state index in [1.165, 1.54) is 0 Å². The monoisotopic (exact) mass is 250 g/mol. The second-order valence-corrected chi connectivity index (χ2v) is 4.86. The molecule has 1 aromatic rings. The number of benzene rings is 1. The SMILES string of the molecule is CCC(C)(CO)NC(=O)[C@H](N)Cc1ccccc1. The van der Waals surface area contributed by atoms with Gasteiger partial charge in [-0.05, 0) is 25.3 Å². The van der Waals surface area contributed by atoms with E-state index in [1.807, 2.05) is 37.3 Å². The summed E-state index contributed by atoms with van der Waals surface area (Å²) in [7, 11) is 0. The lowest BCUT2D eigenvalue weighted by atomic mass is 9.98. The zero-order valence-corrected chi connectivity index (χ0v) is 11.0. The van der Waals surface area contributed by atoms with Crippen molar-refractivity contribution in [3.05, 3.63) is 35.9 Å². The highest BCUT2D eigenvalue weighted by atomic mass is 16.3. The van der Waals surface area contributed by atoms with Crippen LogP contribution in [0.2, 0.25) is 0 Å². The van der Waals surface area contributed by atoms with Gasteiger partial charge in [-0.1, -0.05) is 37.3 Å². The molecule has 0 heterocycles. The van der Waals surface area contributed by atoms with Gasteiger partial charge in [-0.15, -0.1) is 0 Å². The van der Waals surface area contributed by atoms with Crippen molar-refractivity contribution in [1.29, 1.82) is 0 Å². The summed E-state index contributed by atoms with van der Waals surface area (Å²) in [4.78, 5) is 11.9. The smallest absolute Gasteiger partial charge is 0.237 e. The summed E-state index contributed by atoms with van der Waals surface area (Å²) in [5.74, 6) is -0.225. The van der Waals surface area contributed by atoms with Gasteiger partial charge >= 0.3 is 0 Å². The molecule has 1 unspecified atom stereocenters. The van der Waals surface area contributed by atoms with Crippen LogP contribution in [0.4, 0.5) is 0 Å². The number of carbonyl (C=O) groups excluding carboxylic acids is 1. The van der Waals surface area contributed by atoms with Crippen LogP contribution in [0.25, 0.3) is 0 Å². The first-order valence-electron chi connectivity index (χ1n) is 6.23. The van der Waals surface area contributed by atoms with Crippen LogP contribution in [0.5, 0.6) is 0 Å². The van der Waals surface area contributed by atoms with Crippen LogP contribution < -0.4 is 11.1 Å². The minimum absolute atomic E-state index is 0.0900. The average molecular weight is 250 g/mol. The lowest BCUT2D eigenvalue weighted by Gasteiger charge is -2.28. The van der Waals surface area contributed by atoms with E-state index >= 15 is 0 Å². The van der Waals surface area contributed by atoms with Gasteiger partial charge in [-0.25, -0.2) is 0 Å². The fourth-order valence-corrected chi connectivity index (χ4v) is 1.59. The number of hydrogen-bond acceptors (Lipinski definition) is 3. The molecule has 0 radical (unpaired) electrons. The summed E-state index contributed by atoms with van der Waals surface area (Å²) in [6, 6.07) is 9.06. The number of aliphatic hydroxyl groups is 1. The maximum absolute atomic E-state index is 11.9. The Morgan fingerprint density at radius 3 is 2.56 bits per heavy atom. The molecule has 4 N–H and O–H groups in total. The summed E-state index contributed by atoms with van der Waals surface area (Å²) >= 11 is 0. The number of hydrogen-bond donors (Lipinski definition) is 3. The van der Waals surface area contributed by atoms with Gasteiger partial charge in [-0.2, -0.15) is 0 Å². The highest BCUT2D eigenvalue weighted by Gasteiger charge is 2.25. The van der Waals surface area contributed by atoms with Crippen molar-refractivity contribution in [2.24, 2.45) is 5.73 Å². The maximum atomic E-state index is 11.9. The second kappa shape index (κ2) is 6.52. The first-order valence-corrected chi connectivity index (χ1v) is 6.23. The number of nitrogens with one attached hydrogen (secondary N) is 1. The van der Waals surface area contributed by atoms with Crippen molar-refractivity contribution in [2.75, 3.05) is 6.61 Å².